The first-order valence-electron chi connectivity index (χ1n) is 10.5. The number of ether oxygens (including phenoxy) is 2. The zero-order valence-corrected chi connectivity index (χ0v) is 18.6. The highest BCUT2D eigenvalue weighted by molar-refractivity contribution is 5.83. The van der Waals surface area contributed by atoms with E-state index in [9.17, 15) is 22.8 Å². The maximum Gasteiger partial charge on any atom is 0.432 e. The molecule has 0 amide bonds. The summed E-state index contributed by atoms with van der Waals surface area (Å²) in [5.74, 6) is -1.57. The molecule has 1 aromatic rings. The summed E-state index contributed by atoms with van der Waals surface area (Å²) in [6.07, 6.45) is 2.83. The van der Waals surface area contributed by atoms with E-state index in [1.54, 1.807) is 6.07 Å². The predicted octanol–water partition coefficient (Wildman–Crippen LogP) is 5.98. The maximum absolute atomic E-state index is 14.2. The summed E-state index contributed by atoms with van der Waals surface area (Å²) in [4.78, 5) is 24.6. The first-order valence-corrected chi connectivity index (χ1v) is 10.5. The Hall–Kier alpha value is -2.67. The van der Waals surface area contributed by atoms with Crippen LogP contribution in [0.25, 0.3) is 0 Å². The van der Waals surface area contributed by atoms with E-state index in [2.05, 4.69) is 0 Å². The summed E-state index contributed by atoms with van der Waals surface area (Å²) < 4.78 is 52.7. The van der Waals surface area contributed by atoms with E-state index in [4.69, 9.17) is 9.47 Å². The first kappa shape index (κ1) is 25.6. The van der Waals surface area contributed by atoms with Crippen molar-refractivity contribution in [2.24, 2.45) is 0 Å². The summed E-state index contributed by atoms with van der Waals surface area (Å²) >= 11 is 0. The fourth-order valence-corrected chi connectivity index (χ4v) is 3.70. The van der Waals surface area contributed by atoms with Gasteiger partial charge in [-0.15, -0.1) is 0 Å². The van der Waals surface area contributed by atoms with E-state index in [0.717, 1.165) is 25.5 Å². The highest BCUT2D eigenvalue weighted by Gasteiger charge is 2.64. The van der Waals surface area contributed by atoms with Gasteiger partial charge in [-0.3, -0.25) is 4.79 Å². The van der Waals surface area contributed by atoms with Crippen LogP contribution in [0.1, 0.15) is 51.5 Å². The van der Waals surface area contributed by atoms with Crippen LogP contribution in [0.3, 0.4) is 0 Å². The molecular weight excluding hydrogens is 421 g/mol. The monoisotopic (exact) mass is 450 g/mol. The minimum atomic E-state index is -5.06. The Morgan fingerprint density at radius 1 is 1.03 bits per heavy atom. The standard InChI is InChI=1S/C25H29F3O4/c1-18-9-7-11-19(2)15-22(16-20(17-29)12-8-10-18)32-23(30)24(31-3,25(26,27)28)21-13-5-4-6-14-21/h4-6,10-11,13-14,16-17,22H,7-9,12,15H2,1-3H3/b18-10+,19-11+,20-16+/t22-,24+/m0/s1. The van der Waals surface area contributed by atoms with Gasteiger partial charge in [0.25, 0.3) is 5.60 Å². The molecule has 0 N–H and O–H groups in total. The molecule has 7 heteroatoms. The zero-order chi connectivity index (χ0) is 23.8. The maximum atomic E-state index is 14.2. The van der Waals surface area contributed by atoms with E-state index in [-0.39, 0.29) is 12.0 Å². The molecule has 0 aromatic heterocycles. The molecule has 2 atom stereocenters. The average Bonchev–Trinajstić information content (AvgIpc) is 2.72. The molecule has 0 spiro atoms. The highest BCUT2D eigenvalue weighted by Crippen LogP contribution is 2.43. The lowest BCUT2D eigenvalue weighted by molar-refractivity contribution is -0.277. The number of carbonyl (C=O) groups excluding carboxylic acids is 2. The van der Waals surface area contributed by atoms with Crippen molar-refractivity contribution >= 4 is 12.3 Å². The Morgan fingerprint density at radius 3 is 2.25 bits per heavy atom. The average molecular weight is 450 g/mol. The van der Waals surface area contributed by atoms with Crippen LogP contribution in [0, 0.1) is 0 Å². The molecule has 0 fully saturated rings. The Morgan fingerprint density at radius 2 is 1.66 bits per heavy atom. The van der Waals surface area contributed by atoms with Crippen LogP contribution in [-0.2, 0) is 24.7 Å². The fourth-order valence-electron chi connectivity index (χ4n) is 3.70. The van der Waals surface area contributed by atoms with Gasteiger partial charge in [0, 0.05) is 19.1 Å². The second kappa shape index (κ2) is 11.3. The van der Waals surface area contributed by atoms with E-state index < -0.39 is 23.9 Å². The molecule has 0 heterocycles. The summed E-state index contributed by atoms with van der Waals surface area (Å²) in [6.45, 7) is 3.85. The number of halogens is 3. The van der Waals surface area contributed by atoms with Crippen molar-refractivity contribution in [2.45, 2.75) is 63.8 Å². The van der Waals surface area contributed by atoms with Gasteiger partial charge in [0.1, 0.15) is 12.4 Å². The Bertz CT molecular complexity index is 884. The summed E-state index contributed by atoms with van der Waals surface area (Å²) in [7, 11) is 0.829. The number of allylic oxidation sites excluding steroid dienone is 4. The zero-order valence-electron chi connectivity index (χ0n) is 18.6. The van der Waals surface area contributed by atoms with Gasteiger partial charge < -0.3 is 9.47 Å². The van der Waals surface area contributed by atoms with Crippen molar-refractivity contribution in [1.82, 2.24) is 0 Å². The summed E-state index contributed by atoms with van der Waals surface area (Å²) in [6, 6.07) is 6.68. The highest BCUT2D eigenvalue weighted by atomic mass is 19.4. The van der Waals surface area contributed by atoms with Crippen LogP contribution < -0.4 is 0 Å². The molecule has 1 aliphatic carbocycles. The van der Waals surface area contributed by atoms with Gasteiger partial charge in [-0.1, -0.05) is 53.6 Å². The number of aldehydes is 1. The molecule has 0 unspecified atom stereocenters. The molecule has 0 saturated heterocycles. The predicted molar refractivity (Wildman–Crippen MR) is 116 cm³/mol. The SMILES string of the molecule is CO[C@@](C(=O)O[C@@H]1/C=C(/C=O)CC/C=C(\C)CC/C=C(\C)C1)(c1ccccc1)C(F)(F)F. The number of carbonyl (C=O) groups is 2. The van der Waals surface area contributed by atoms with Crippen molar-refractivity contribution in [1.29, 1.82) is 0 Å². The van der Waals surface area contributed by atoms with E-state index >= 15 is 0 Å². The van der Waals surface area contributed by atoms with Crippen molar-refractivity contribution < 1.29 is 32.2 Å². The lowest BCUT2D eigenvalue weighted by Crippen LogP contribution is -2.52. The van der Waals surface area contributed by atoms with Crippen LogP contribution in [0.5, 0.6) is 0 Å². The third kappa shape index (κ3) is 6.19. The second-order valence-electron chi connectivity index (χ2n) is 7.93. The molecule has 1 aromatic carbocycles. The van der Waals surface area contributed by atoms with Gasteiger partial charge in [-0.25, -0.2) is 4.79 Å². The molecule has 0 saturated carbocycles. The minimum absolute atomic E-state index is 0.179. The van der Waals surface area contributed by atoms with Gasteiger partial charge in [0.2, 0.25) is 0 Å². The molecule has 32 heavy (non-hydrogen) atoms. The number of rotatable bonds is 5. The molecule has 0 radical (unpaired) electrons. The number of methoxy groups -OCH3 is 1. The van der Waals surface area contributed by atoms with E-state index in [0.29, 0.717) is 24.7 Å². The van der Waals surface area contributed by atoms with Crippen LogP contribution in [-0.4, -0.2) is 31.6 Å². The molecule has 0 bridgehead atoms. The van der Waals surface area contributed by atoms with E-state index in [1.807, 2.05) is 26.0 Å². The van der Waals surface area contributed by atoms with Gasteiger partial charge >= 0.3 is 12.1 Å². The summed E-state index contributed by atoms with van der Waals surface area (Å²) in [5, 5.41) is 0. The largest absolute Gasteiger partial charge is 0.455 e. The van der Waals surface area contributed by atoms with Crippen molar-refractivity contribution in [3.8, 4) is 0 Å². The van der Waals surface area contributed by atoms with Crippen molar-refractivity contribution in [2.75, 3.05) is 7.11 Å². The second-order valence-corrected chi connectivity index (χ2v) is 7.93. The molecule has 2 rings (SSSR count). The number of alkyl halides is 3. The number of hydrogen-bond acceptors (Lipinski definition) is 4. The molecule has 174 valence electrons. The van der Waals surface area contributed by atoms with Gasteiger partial charge in [0.05, 0.1) is 0 Å². The number of esters is 1. The third-order valence-corrected chi connectivity index (χ3v) is 5.46. The minimum Gasteiger partial charge on any atom is -0.455 e. The van der Waals surface area contributed by atoms with Crippen molar-refractivity contribution in [3.05, 3.63) is 70.8 Å². The lowest BCUT2D eigenvalue weighted by Gasteiger charge is -2.33. The Labute approximate surface area is 186 Å². The molecule has 4 nitrogen and oxygen atoms in total. The fraction of sp³-hybridized carbons (Fsp3) is 0.440. The van der Waals surface area contributed by atoms with Gasteiger partial charge in [0.15, 0.2) is 0 Å². The van der Waals surface area contributed by atoms with Gasteiger partial charge in [-0.2, -0.15) is 13.2 Å². The molecule has 0 aliphatic heterocycles. The van der Waals surface area contributed by atoms with Gasteiger partial charge in [-0.05, 0) is 51.2 Å². The Kier molecular flexibility index (Phi) is 9.01. The van der Waals surface area contributed by atoms with Crippen LogP contribution in [0.2, 0.25) is 0 Å². The lowest BCUT2D eigenvalue weighted by atomic mass is 9.92. The smallest absolute Gasteiger partial charge is 0.432 e. The number of benzene rings is 1. The molecule has 1 aliphatic rings. The normalized spacial score (nSPS) is 25.3. The number of hydrogen-bond donors (Lipinski definition) is 0. The van der Waals surface area contributed by atoms with Crippen molar-refractivity contribution in [3.63, 3.8) is 0 Å². The van der Waals surface area contributed by atoms with Crippen LogP contribution in [0.4, 0.5) is 13.2 Å². The summed E-state index contributed by atoms with van der Waals surface area (Å²) in [5.41, 5.74) is -1.21. The first-order chi connectivity index (χ1) is 15.1. The van der Waals surface area contributed by atoms with Crippen LogP contribution in [0.15, 0.2) is 65.3 Å². The van der Waals surface area contributed by atoms with Crippen LogP contribution >= 0.6 is 0 Å². The quantitative estimate of drug-likeness (QED) is 0.314. The van der Waals surface area contributed by atoms with E-state index in [1.165, 1.54) is 35.9 Å². The third-order valence-electron chi connectivity index (χ3n) is 5.46. The molecular formula is C25H29F3O4. The Balaban J connectivity index is 2.44. The topological polar surface area (TPSA) is 52.6 Å².